The number of hydrogen-bond acceptors (Lipinski definition) is 5. The van der Waals surface area contributed by atoms with Crippen LogP contribution in [0, 0.1) is 5.82 Å². The van der Waals surface area contributed by atoms with Crippen LogP contribution in [0.5, 0.6) is 0 Å². The number of halogens is 1. The van der Waals surface area contributed by atoms with E-state index in [2.05, 4.69) is 14.9 Å². The molecule has 1 aromatic carbocycles. The Labute approximate surface area is 170 Å². The van der Waals surface area contributed by atoms with E-state index in [9.17, 15) is 9.18 Å². The van der Waals surface area contributed by atoms with Crippen LogP contribution in [-0.4, -0.2) is 57.9 Å². The summed E-state index contributed by atoms with van der Waals surface area (Å²) in [6.45, 7) is 5.28. The number of carbonyl (C=O) groups excluding carboxylic acids is 1. The van der Waals surface area contributed by atoms with Crippen LogP contribution in [-0.2, 0) is 4.79 Å². The molecule has 2 fully saturated rings. The molecule has 1 atom stereocenters. The number of hydrogen-bond donors (Lipinski definition) is 1. The number of piperidine rings is 2. The van der Waals surface area contributed by atoms with Gasteiger partial charge in [0.15, 0.2) is 0 Å². The summed E-state index contributed by atoms with van der Waals surface area (Å²) >= 11 is 0. The van der Waals surface area contributed by atoms with Crippen LogP contribution in [0.4, 0.5) is 10.3 Å². The standard InChI is InChI=1S/C22H28FN5O/c1-15(29)27-10-7-19(8-11-27)28-9-3-5-17(14-28)21-20(13-25-22(24)26-21)16-4-2-6-18(23)12-16/h2,4,6,12-13,17,19H,3,5,7-11,14H2,1H3,(H2,24,25,26)/t17-/m0/s1. The lowest BCUT2D eigenvalue weighted by molar-refractivity contribution is -0.130. The summed E-state index contributed by atoms with van der Waals surface area (Å²) in [5.41, 5.74) is 8.47. The first-order valence-corrected chi connectivity index (χ1v) is 10.4. The number of nitrogens with zero attached hydrogens (tertiary/aromatic N) is 4. The minimum Gasteiger partial charge on any atom is -0.368 e. The van der Waals surface area contributed by atoms with Crippen molar-refractivity contribution in [3.8, 4) is 11.1 Å². The fourth-order valence-corrected chi connectivity index (χ4v) is 4.71. The second-order valence-electron chi connectivity index (χ2n) is 8.11. The van der Waals surface area contributed by atoms with E-state index in [4.69, 9.17) is 5.73 Å². The van der Waals surface area contributed by atoms with Crippen LogP contribution in [0.1, 0.15) is 44.2 Å². The molecule has 7 heteroatoms. The average molecular weight is 397 g/mol. The van der Waals surface area contributed by atoms with Gasteiger partial charge in [-0.3, -0.25) is 9.69 Å². The fourth-order valence-electron chi connectivity index (χ4n) is 4.71. The van der Waals surface area contributed by atoms with Crippen molar-refractivity contribution < 1.29 is 9.18 Å². The number of aromatic nitrogens is 2. The lowest BCUT2D eigenvalue weighted by Crippen LogP contribution is -2.49. The monoisotopic (exact) mass is 397 g/mol. The third-order valence-corrected chi connectivity index (χ3v) is 6.24. The molecular weight excluding hydrogens is 369 g/mol. The highest BCUT2D eigenvalue weighted by Crippen LogP contribution is 2.35. The Hall–Kier alpha value is -2.54. The lowest BCUT2D eigenvalue weighted by Gasteiger charge is -2.42. The molecule has 2 aromatic rings. The van der Waals surface area contributed by atoms with Crippen molar-refractivity contribution in [2.75, 3.05) is 31.9 Å². The number of carbonyl (C=O) groups is 1. The predicted molar refractivity (Wildman–Crippen MR) is 111 cm³/mol. The number of rotatable bonds is 3. The third-order valence-electron chi connectivity index (χ3n) is 6.24. The zero-order valence-corrected chi connectivity index (χ0v) is 16.9. The molecule has 29 heavy (non-hydrogen) atoms. The molecule has 1 aromatic heterocycles. The minimum atomic E-state index is -0.271. The minimum absolute atomic E-state index is 0.163. The maximum atomic E-state index is 13.8. The van der Waals surface area contributed by atoms with Gasteiger partial charge in [-0.1, -0.05) is 12.1 Å². The Kier molecular flexibility index (Phi) is 5.76. The van der Waals surface area contributed by atoms with Gasteiger partial charge in [-0.25, -0.2) is 14.4 Å². The Bertz CT molecular complexity index is 881. The van der Waals surface area contributed by atoms with Gasteiger partial charge in [0.25, 0.3) is 0 Å². The largest absolute Gasteiger partial charge is 0.368 e. The van der Waals surface area contributed by atoms with Crippen molar-refractivity contribution in [3.63, 3.8) is 0 Å². The first-order valence-electron chi connectivity index (χ1n) is 10.4. The highest BCUT2D eigenvalue weighted by Gasteiger charge is 2.31. The molecule has 6 nitrogen and oxygen atoms in total. The van der Waals surface area contributed by atoms with Gasteiger partial charge in [-0.05, 0) is 49.9 Å². The SMILES string of the molecule is CC(=O)N1CCC(N2CCC[C@H](c3nc(N)ncc3-c3cccc(F)c3)C2)CC1. The smallest absolute Gasteiger partial charge is 0.220 e. The van der Waals surface area contributed by atoms with Crippen molar-refractivity contribution in [3.05, 3.63) is 42.0 Å². The fraction of sp³-hybridized carbons (Fsp3) is 0.500. The average Bonchev–Trinajstić information content (AvgIpc) is 2.74. The number of likely N-dealkylation sites (tertiary alicyclic amines) is 2. The van der Waals surface area contributed by atoms with E-state index in [1.54, 1.807) is 19.2 Å². The molecule has 2 N–H and O–H groups in total. The Balaban J connectivity index is 1.54. The van der Waals surface area contributed by atoms with Gasteiger partial charge in [0.05, 0.1) is 5.69 Å². The van der Waals surface area contributed by atoms with Crippen molar-refractivity contribution in [2.24, 2.45) is 0 Å². The van der Waals surface area contributed by atoms with Gasteiger partial charge in [0, 0.05) is 50.3 Å². The number of nitrogens with two attached hydrogens (primary N) is 1. The van der Waals surface area contributed by atoms with Crippen LogP contribution in [0.25, 0.3) is 11.1 Å². The van der Waals surface area contributed by atoms with Gasteiger partial charge in [-0.2, -0.15) is 0 Å². The molecule has 2 aliphatic heterocycles. The van der Waals surface area contributed by atoms with Crippen LogP contribution in [0.3, 0.4) is 0 Å². The second kappa shape index (κ2) is 8.45. The zero-order valence-electron chi connectivity index (χ0n) is 16.9. The first-order chi connectivity index (χ1) is 14.0. The number of anilines is 1. The van der Waals surface area contributed by atoms with Crippen molar-refractivity contribution >= 4 is 11.9 Å². The lowest BCUT2D eigenvalue weighted by atomic mass is 9.88. The quantitative estimate of drug-likeness (QED) is 0.862. The predicted octanol–water partition coefficient (Wildman–Crippen LogP) is 3.06. The second-order valence-corrected chi connectivity index (χ2v) is 8.11. The summed E-state index contributed by atoms with van der Waals surface area (Å²) < 4.78 is 13.8. The molecule has 154 valence electrons. The van der Waals surface area contributed by atoms with Crippen LogP contribution < -0.4 is 5.73 Å². The first kappa shape index (κ1) is 19.8. The third kappa shape index (κ3) is 4.40. The van der Waals surface area contributed by atoms with E-state index >= 15 is 0 Å². The molecule has 0 saturated carbocycles. The Morgan fingerprint density at radius 3 is 2.72 bits per heavy atom. The maximum Gasteiger partial charge on any atom is 0.220 e. The van der Waals surface area contributed by atoms with Gasteiger partial charge >= 0.3 is 0 Å². The molecule has 0 aliphatic carbocycles. The summed E-state index contributed by atoms with van der Waals surface area (Å²) in [7, 11) is 0. The molecular formula is C22H28FN5O. The van der Waals surface area contributed by atoms with E-state index in [1.165, 1.54) is 12.1 Å². The number of amides is 1. The molecule has 0 spiro atoms. The molecule has 2 saturated heterocycles. The molecule has 4 rings (SSSR count). The molecule has 3 heterocycles. The van der Waals surface area contributed by atoms with Crippen LogP contribution in [0.2, 0.25) is 0 Å². The van der Waals surface area contributed by atoms with Gasteiger partial charge in [0.1, 0.15) is 5.82 Å². The van der Waals surface area contributed by atoms with Crippen LogP contribution >= 0.6 is 0 Å². The molecule has 0 unspecified atom stereocenters. The maximum absolute atomic E-state index is 13.8. The molecule has 2 aliphatic rings. The molecule has 0 radical (unpaired) electrons. The Morgan fingerprint density at radius 2 is 2.00 bits per heavy atom. The van der Waals surface area contributed by atoms with E-state index in [1.807, 2.05) is 11.0 Å². The van der Waals surface area contributed by atoms with E-state index in [-0.39, 0.29) is 23.6 Å². The van der Waals surface area contributed by atoms with Crippen LogP contribution in [0.15, 0.2) is 30.5 Å². The van der Waals surface area contributed by atoms with Gasteiger partial charge in [-0.15, -0.1) is 0 Å². The normalized spacial score (nSPS) is 21.3. The van der Waals surface area contributed by atoms with E-state index in [0.29, 0.717) is 6.04 Å². The summed E-state index contributed by atoms with van der Waals surface area (Å²) in [6, 6.07) is 7.05. The molecule has 1 amide bonds. The topological polar surface area (TPSA) is 75.4 Å². The van der Waals surface area contributed by atoms with E-state index < -0.39 is 0 Å². The summed E-state index contributed by atoms with van der Waals surface area (Å²) in [4.78, 5) is 24.8. The van der Waals surface area contributed by atoms with Gasteiger partial charge < -0.3 is 10.6 Å². The van der Waals surface area contributed by atoms with Gasteiger partial charge in [0.2, 0.25) is 11.9 Å². The molecule has 0 bridgehead atoms. The highest BCUT2D eigenvalue weighted by atomic mass is 19.1. The van der Waals surface area contributed by atoms with Crippen molar-refractivity contribution in [1.29, 1.82) is 0 Å². The summed E-state index contributed by atoms with van der Waals surface area (Å²) in [6.07, 6.45) is 5.85. The number of nitrogen functional groups attached to an aromatic ring is 1. The van der Waals surface area contributed by atoms with Crippen molar-refractivity contribution in [1.82, 2.24) is 19.8 Å². The Morgan fingerprint density at radius 1 is 1.21 bits per heavy atom. The number of benzene rings is 1. The van der Waals surface area contributed by atoms with E-state index in [0.717, 1.165) is 68.7 Å². The van der Waals surface area contributed by atoms with Crippen molar-refractivity contribution in [2.45, 2.75) is 44.6 Å². The summed E-state index contributed by atoms with van der Waals surface area (Å²) in [5, 5.41) is 0. The highest BCUT2D eigenvalue weighted by molar-refractivity contribution is 5.73. The summed E-state index contributed by atoms with van der Waals surface area (Å²) in [5.74, 6) is 0.383. The zero-order chi connectivity index (χ0) is 20.4.